The van der Waals surface area contributed by atoms with Gasteiger partial charge in [-0.2, -0.15) is 10.2 Å². The summed E-state index contributed by atoms with van der Waals surface area (Å²) in [6.45, 7) is 0. The van der Waals surface area contributed by atoms with Gasteiger partial charge >= 0.3 is 0 Å². The van der Waals surface area contributed by atoms with Crippen molar-refractivity contribution in [1.29, 1.82) is 0 Å². The van der Waals surface area contributed by atoms with Gasteiger partial charge in [0.2, 0.25) is 5.78 Å². The van der Waals surface area contributed by atoms with Gasteiger partial charge < -0.3 is 4.74 Å². The molecule has 19 heavy (non-hydrogen) atoms. The normalized spacial score (nSPS) is 10.8. The maximum Gasteiger partial charge on any atom is 0.218 e. The van der Waals surface area contributed by atoms with E-state index >= 15 is 0 Å². The van der Waals surface area contributed by atoms with Gasteiger partial charge in [0.25, 0.3) is 0 Å². The lowest BCUT2D eigenvalue weighted by atomic mass is 10.1. The fourth-order valence-corrected chi connectivity index (χ4v) is 2.06. The maximum atomic E-state index is 12.6. The molecule has 0 aliphatic carbocycles. The minimum absolute atomic E-state index is 0.155. The average molecular weight is 256 g/mol. The highest BCUT2D eigenvalue weighted by atomic mass is 16.5. The molecule has 96 valence electrons. The molecule has 0 aliphatic rings. The van der Waals surface area contributed by atoms with Crippen LogP contribution in [0.2, 0.25) is 0 Å². The van der Waals surface area contributed by atoms with E-state index in [0.29, 0.717) is 17.0 Å². The lowest BCUT2D eigenvalue weighted by Gasteiger charge is -2.03. The van der Waals surface area contributed by atoms with E-state index in [0.717, 1.165) is 5.52 Å². The first kappa shape index (κ1) is 11.5. The van der Waals surface area contributed by atoms with E-state index in [1.807, 2.05) is 18.2 Å². The zero-order valence-corrected chi connectivity index (χ0v) is 10.6. The van der Waals surface area contributed by atoms with E-state index in [2.05, 4.69) is 10.2 Å². The fourth-order valence-electron chi connectivity index (χ4n) is 2.06. The third-order valence-electron chi connectivity index (χ3n) is 3.01. The van der Waals surface area contributed by atoms with Gasteiger partial charge in [0.05, 0.1) is 30.6 Å². The number of pyridine rings is 1. The third kappa shape index (κ3) is 1.69. The zero-order chi connectivity index (χ0) is 13.4. The average Bonchev–Trinajstić information content (AvgIpc) is 3.01. The number of aryl methyl sites for hydroxylation is 1. The van der Waals surface area contributed by atoms with Crippen LogP contribution in [0.4, 0.5) is 0 Å². The summed E-state index contributed by atoms with van der Waals surface area (Å²) in [5.74, 6) is 0.306. The molecule has 3 aromatic rings. The highest BCUT2D eigenvalue weighted by molar-refractivity contribution is 6.13. The standard InChI is InChI=1S/C13H12N4O2/c1-16-12(11(19-2)8-14-16)13(18)9-7-15-17-6-4-3-5-10(9)17/h3-8H,1-2H3. The Bertz CT molecular complexity index is 757. The SMILES string of the molecule is COc1cnn(C)c1C(=O)c1cnn2ccccc12. The summed E-state index contributed by atoms with van der Waals surface area (Å²) < 4.78 is 8.34. The Morgan fingerprint density at radius 2 is 2.11 bits per heavy atom. The molecule has 0 N–H and O–H groups in total. The third-order valence-corrected chi connectivity index (χ3v) is 3.01. The first-order valence-electron chi connectivity index (χ1n) is 5.75. The molecule has 0 spiro atoms. The van der Waals surface area contributed by atoms with Crippen LogP contribution in [0.3, 0.4) is 0 Å². The monoisotopic (exact) mass is 256 g/mol. The minimum Gasteiger partial charge on any atom is -0.493 e. The Balaban J connectivity index is 2.16. The molecule has 6 heteroatoms. The van der Waals surface area contributed by atoms with E-state index in [9.17, 15) is 4.79 Å². The van der Waals surface area contributed by atoms with Crippen molar-refractivity contribution in [3.05, 3.63) is 48.0 Å². The maximum absolute atomic E-state index is 12.6. The van der Waals surface area contributed by atoms with Gasteiger partial charge in [0.1, 0.15) is 0 Å². The molecule has 0 fully saturated rings. The summed E-state index contributed by atoms with van der Waals surface area (Å²) in [6.07, 6.45) is 4.88. The lowest BCUT2D eigenvalue weighted by Crippen LogP contribution is -2.09. The Labute approximate surface area is 109 Å². The largest absolute Gasteiger partial charge is 0.493 e. The van der Waals surface area contributed by atoms with Crippen molar-refractivity contribution in [2.24, 2.45) is 7.05 Å². The van der Waals surface area contributed by atoms with Crippen LogP contribution in [0.15, 0.2) is 36.8 Å². The van der Waals surface area contributed by atoms with Crippen LogP contribution in [0.25, 0.3) is 5.52 Å². The van der Waals surface area contributed by atoms with Crippen molar-refractivity contribution < 1.29 is 9.53 Å². The van der Waals surface area contributed by atoms with Crippen molar-refractivity contribution in [2.75, 3.05) is 7.11 Å². The van der Waals surface area contributed by atoms with Gasteiger partial charge in [-0.1, -0.05) is 6.07 Å². The smallest absolute Gasteiger partial charge is 0.218 e. The number of carbonyl (C=O) groups excluding carboxylic acids is 1. The van der Waals surface area contributed by atoms with Crippen molar-refractivity contribution in [3.63, 3.8) is 0 Å². The Morgan fingerprint density at radius 1 is 1.26 bits per heavy atom. The van der Waals surface area contributed by atoms with E-state index in [1.165, 1.54) is 18.0 Å². The van der Waals surface area contributed by atoms with Gasteiger partial charge in [0.15, 0.2) is 11.4 Å². The number of carbonyl (C=O) groups is 1. The second-order valence-electron chi connectivity index (χ2n) is 4.10. The highest BCUT2D eigenvalue weighted by Crippen LogP contribution is 2.22. The number of nitrogens with zero attached hydrogens (tertiary/aromatic N) is 4. The van der Waals surface area contributed by atoms with Crippen LogP contribution >= 0.6 is 0 Å². The lowest BCUT2D eigenvalue weighted by molar-refractivity contribution is 0.102. The Hall–Kier alpha value is -2.63. The Morgan fingerprint density at radius 3 is 2.89 bits per heavy atom. The number of ether oxygens (including phenoxy) is 1. The fraction of sp³-hybridized carbons (Fsp3) is 0.154. The number of fused-ring (bicyclic) bond motifs is 1. The molecule has 3 heterocycles. The molecule has 0 atom stereocenters. The van der Waals surface area contributed by atoms with E-state index in [1.54, 1.807) is 24.0 Å². The van der Waals surface area contributed by atoms with Gasteiger partial charge in [0, 0.05) is 13.2 Å². The summed E-state index contributed by atoms with van der Waals surface area (Å²) >= 11 is 0. The zero-order valence-electron chi connectivity index (χ0n) is 10.6. The second kappa shape index (κ2) is 4.24. The summed E-state index contributed by atoms with van der Waals surface area (Å²) in [4.78, 5) is 12.6. The van der Waals surface area contributed by atoms with Crippen LogP contribution in [-0.2, 0) is 7.05 Å². The highest BCUT2D eigenvalue weighted by Gasteiger charge is 2.22. The van der Waals surface area contributed by atoms with Gasteiger partial charge in [-0.25, -0.2) is 4.52 Å². The molecule has 3 aromatic heterocycles. The van der Waals surface area contributed by atoms with Crippen LogP contribution in [-0.4, -0.2) is 32.3 Å². The molecule has 0 saturated heterocycles. The number of aromatic nitrogens is 4. The van der Waals surface area contributed by atoms with E-state index < -0.39 is 0 Å². The summed E-state index contributed by atoms with van der Waals surface area (Å²) in [5, 5.41) is 8.20. The number of hydrogen-bond donors (Lipinski definition) is 0. The molecule has 0 radical (unpaired) electrons. The van der Waals surface area contributed by atoms with Crippen molar-refractivity contribution in [1.82, 2.24) is 19.4 Å². The molecule has 0 unspecified atom stereocenters. The number of hydrogen-bond acceptors (Lipinski definition) is 4. The van der Waals surface area contributed by atoms with Crippen molar-refractivity contribution in [2.45, 2.75) is 0 Å². The predicted molar refractivity (Wildman–Crippen MR) is 68.4 cm³/mol. The quantitative estimate of drug-likeness (QED) is 0.663. The summed E-state index contributed by atoms with van der Waals surface area (Å²) in [5.41, 5.74) is 1.71. The van der Waals surface area contributed by atoms with Crippen molar-refractivity contribution in [3.8, 4) is 5.75 Å². The first-order valence-corrected chi connectivity index (χ1v) is 5.75. The molecule has 0 amide bonds. The summed E-state index contributed by atoms with van der Waals surface area (Å²) in [7, 11) is 3.23. The molecule has 0 aromatic carbocycles. The first-order chi connectivity index (χ1) is 9.22. The minimum atomic E-state index is -0.155. The number of ketones is 1. The van der Waals surface area contributed by atoms with Crippen LogP contribution < -0.4 is 4.74 Å². The van der Waals surface area contributed by atoms with E-state index in [-0.39, 0.29) is 5.78 Å². The van der Waals surface area contributed by atoms with Crippen molar-refractivity contribution >= 4 is 11.3 Å². The molecule has 0 saturated carbocycles. The molecule has 3 rings (SSSR count). The van der Waals surface area contributed by atoms with Crippen LogP contribution in [0.1, 0.15) is 16.1 Å². The molecule has 6 nitrogen and oxygen atoms in total. The molecular weight excluding hydrogens is 244 g/mol. The molecule has 0 bridgehead atoms. The summed E-state index contributed by atoms with van der Waals surface area (Å²) in [6, 6.07) is 5.58. The molecule has 0 aliphatic heterocycles. The van der Waals surface area contributed by atoms with Gasteiger partial charge in [-0.05, 0) is 12.1 Å². The predicted octanol–water partition coefficient (Wildman–Crippen LogP) is 1.31. The Kier molecular flexibility index (Phi) is 2.56. The number of rotatable bonds is 3. The second-order valence-corrected chi connectivity index (χ2v) is 4.10. The van der Waals surface area contributed by atoms with Gasteiger partial charge in [-0.15, -0.1) is 0 Å². The topological polar surface area (TPSA) is 61.4 Å². The molecular formula is C13H12N4O2. The number of methoxy groups -OCH3 is 1. The van der Waals surface area contributed by atoms with E-state index in [4.69, 9.17) is 4.74 Å². The van der Waals surface area contributed by atoms with Crippen LogP contribution in [0.5, 0.6) is 5.75 Å². The van der Waals surface area contributed by atoms with Crippen LogP contribution in [0, 0.1) is 0 Å². The van der Waals surface area contributed by atoms with Gasteiger partial charge in [-0.3, -0.25) is 9.48 Å².